The second kappa shape index (κ2) is 10.7. The first-order chi connectivity index (χ1) is 23.0. The lowest BCUT2D eigenvalue weighted by molar-refractivity contribution is 0.869. The molecule has 0 atom stereocenters. The largest absolute Gasteiger partial charge is 0.135 e. The van der Waals surface area contributed by atoms with Crippen LogP contribution in [0.25, 0.3) is 85.9 Å². The lowest BCUT2D eigenvalue weighted by Crippen LogP contribution is -1.91. The Balaban J connectivity index is 1.26. The molecule has 0 nitrogen and oxygen atoms in total. The SMILES string of the molecule is [2H]c1ccc2cc(-c3cccc(-c4c5ccccc5c(-c5ccc6sc7cc(C(C)C)ccc7c6c5)c5ccccc45)c3)ccc2c1. The van der Waals surface area contributed by atoms with E-state index in [0.717, 1.165) is 10.8 Å². The Labute approximate surface area is 274 Å². The minimum atomic E-state index is 0.516. The van der Waals surface area contributed by atoms with Crippen LogP contribution in [-0.2, 0) is 0 Å². The van der Waals surface area contributed by atoms with Crippen LogP contribution in [0.4, 0.5) is 0 Å². The summed E-state index contributed by atoms with van der Waals surface area (Å²) in [6.07, 6.45) is 0. The van der Waals surface area contributed by atoms with Crippen LogP contribution in [0.3, 0.4) is 0 Å². The van der Waals surface area contributed by atoms with E-state index in [-0.39, 0.29) is 0 Å². The van der Waals surface area contributed by atoms with Crippen molar-refractivity contribution in [1.29, 1.82) is 0 Å². The van der Waals surface area contributed by atoms with Crippen LogP contribution in [0, 0.1) is 0 Å². The van der Waals surface area contributed by atoms with Gasteiger partial charge in [0.1, 0.15) is 0 Å². The zero-order valence-electron chi connectivity index (χ0n) is 26.8. The minimum Gasteiger partial charge on any atom is -0.135 e. The summed E-state index contributed by atoms with van der Waals surface area (Å²) >= 11 is 1.90. The van der Waals surface area contributed by atoms with Crippen molar-refractivity contribution in [2.75, 3.05) is 0 Å². The molecule has 8 aromatic carbocycles. The highest BCUT2D eigenvalue weighted by atomic mass is 32.1. The summed E-state index contributed by atoms with van der Waals surface area (Å²) < 4.78 is 10.7. The molecule has 0 fully saturated rings. The first kappa shape index (κ1) is 26.0. The molecule has 0 aliphatic carbocycles. The van der Waals surface area contributed by atoms with E-state index in [1.54, 1.807) is 0 Å². The van der Waals surface area contributed by atoms with Gasteiger partial charge in [0.2, 0.25) is 0 Å². The first-order valence-corrected chi connectivity index (χ1v) is 16.8. The molecule has 0 saturated heterocycles. The van der Waals surface area contributed by atoms with Gasteiger partial charge in [-0.25, -0.2) is 0 Å². The maximum absolute atomic E-state index is 8.00. The van der Waals surface area contributed by atoms with E-state index in [1.807, 2.05) is 29.5 Å². The summed E-state index contributed by atoms with van der Waals surface area (Å²) in [5, 5.41) is 9.98. The standard InChI is InChI=1S/C45H32S/c1-28(2)30-20-22-36-41-26-35(21-23-42(41)46-43(36)27-30)45-39-16-7-5-14-37(39)44(38-15-6-8-17-40(38)45)34-13-9-12-32(25-34)33-19-18-29-10-3-4-11-31(29)24-33/h3-28H,1-2H3/i3D. The van der Waals surface area contributed by atoms with Crippen molar-refractivity contribution >= 4 is 63.8 Å². The number of rotatable bonds is 4. The van der Waals surface area contributed by atoms with E-state index in [0.29, 0.717) is 12.0 Å². The van der Waals surface area contributed by atoms with E-state index in [9.17, 15) is 0 Å². The van der Waals surface area contributed by atoms with Gasteiger partial charge in [0.25, 0.3) is 0 Å². The maximum atomic E-state index is 8.00. The molecule has 1 heteroatoms. The van der Waals surface area contributed by atoms with Gasteiger partial charge < -0.3 is 0 Å². The molecule has 9 aromatic rings. The molecule has 1 heterocycles. The molecule has 0 saturated carbocycles. The molecule has 0 bridgehead atoms. The van der Waals surface area contributed by atoms with Gasteiger partial charge in [0.15, 0.2) is 0 Å². The van der Waals surface area contributed by atoms with Gasteiger partial charge in [0, 0.05) is 20.2 Å². The fraction of sp³-hybridized carbons (Fsp3) is 0.0667. The summed E-state index contributed by atoms with van der Waals surface area (Å²) in [5.74, 6) is 0.516. The molecule has 218 valence electrons. The molecule has 1 aromatic heterocycles. The molecule has 0 unspecified atom stereocenters. The second-order valence-electron chi connectivity index (χ2n) is 12.6. The van der Waals surface area contributed by atoms with Crippen molar-refractivity contribution in [3.8, 4) is 33.4 Å². The van der Waals surface area contributed by atoms with Gasteiger partial charge in [-0.05, 0) is 108 Å². The third kappa shape index (κ3) is 4.35. The molecule has 9 rings (SSSR count). The molecule has 0 radical (unpaired) electrons. The van der Waals surface area contributed by atoms with Crippen molar-refractivity contribution in [2.24, 2.45) is 0 Å². The average Bonchev–Trinajstić information content (AvgIpc) is 3.47. The van der Waals surface area contributed by atoms with E-state index in [4.69, 9.17) is 1.37 Å². The van der Waals surface area contributed by atoms with Crippen molar-refractivity contribution < 1.29 is 1.37 Å². The monoisotopic (exact) mass is 605 g/mol. The van der Waals surface area contributed by atoms with Crippen molar-refractivity contribution in [3.05, 3.63) is 157 Å². The fourth-order valence-electron chi connectivity index (χ4n) is 7.22. The normalized spacial score (nSPS) is 12.2. The van der Waals surface area contributed by atoms with E-state index in [1.165, 1.54) is 80.7 Å². The van der Waals surface area contributed by atoms with E-state index >= 15 is 0 Å². The Morgan fingerprint density at radius 3 is 1.80 bits per heavy atom. The highest BCUT2D eigenvalue weighted by Gasteiger charge is 2.18. The summed E-state index contributed by atoms with van der Waals surface area (Å²) in [6, 6.07) is 53.8. The van der Waals surface area contributed by atoms with Gasteiger partial charge in [-0.2, -0.15) is 0 Å². The van der Waals surface area contributed by atoms with Crippen molar-refractivity contribution in [2.45, 2.75) is 19.8 Å². The highest BCUT2D eigenvalue weighted by Crippen LogP contribution is 2.46. The van der Waals surface area contributed by atoms with E-state index in [2.05, 4.69) is 141 Å². The summed E-state index contributed by atoms with van der Waals surface area (Å²) in [7, 11) is 0. The summed E-state index contributed by atoms with van der Waals surface area (Å²) in [6.45, 7) is 4.53. The number of thiophene rings is 1. The smallest absolute Gasteiger partial charge is 0.0623 e. The first-order valence-electron chi connectivity index (χ1n) is 16.5. The van der Waals surface area contributed by atoms with Gasteiger partial charge in [0.05, 0.1) is 1.37 Å². The topological polar surface area (TPSA) is 0 Å². The predicted molar refractivity (Wildman–Crippen MR) is 202 cm³/mol. The Hall–Kier alpha value is -5.24. The van der Waals surface area contributed by atoms with Crippen LogP contribution in [-0.4, -0.2) is 0 Å². The van der Waals surface area contributed by atoms with Gasteiger partial charge in [-0.3, -0.25) is 0 Å². The highest BCUT2D eigenvalue weighted by molar-refractivity contribution is 7.25. The van der Waals surface area contributed by atoms with Crippen LogP contribution in [0.5, 0.6) is 0 Å². The molecule has 0 aliphatic heterocycles. The molecule has 46 heavy (non-hydrogen) atoms. The Bertz CT molecular complexity index is 2620. The van der Waals surface area contributed by atoms with Gasteiger partial charge in [-0.1, -0.05) is 135 Å². The Morgan fingerprint density at radius 2 is 1.09 bits per heavy atom. The van der Waals surface area contributed by atoms with Crippen molar-refractivity contribution in [1.82, 2.24) is 0 Å². The summed E-state index contributed by atoms with van der Waals surface area (Å²) in [4.78, 5) is 0. The third-order valence-electron chi connectivity index (χ3n) is 9.55. The van der Waals surface area contributed by atoms with Gasteiger partial charge >= 0.3 is 0 Å². The molecular weight excluding hydrogens is 573 g/mol. The molecule has 0 N–H and O–H groups in total. The average molecular weight is 606 g/mol. The van der Waals surface area contributed by atoms with Crippen LogP contribution >= 0.6 is 11.3 Å². The predicted octanol–water partition coefficient (Wildman–Crippen LogP) is 13.6. The van der Waals surface area contributed by atoms with Crippen molar-refractivity contribution in [3.63, 3.8) is 0 Å². The lowest BCUT2D eigenvalue weighted by atomic mass is 9.85. The number of hydrogen-bond donors (Lipinski definition) is 0. The van der Waals surface area contributed by atoms with Crippen LogP contribution in [0.1, 0.15) is 26.7 Å². The van der Waals surface area contributed by atoms with Crippen LogP contribution < -0.4 is 0 Å². The van der Waals surface area contributed by atoms with Crippen LogP contribution in [0.15, 0.2) is 152 Å². The molecular formula is C45H32S. The fourth-order valence-corrected chi connectivity index (χ4v) is 8.35. The quantitative estimate of drug-likeness (QED) is 0.175. The Kier molecular flexibility index (Phi) is 6.05. The lowest BCUT2D eigenvalue weighted by Gasteiger charge is -2.18. The zero-order chi connectivity index (χ0) is 31.6. The van der Waals surface area contributed by atoms with Gasteiger partial charge in [-0.15, -0.1) is 11.3 Å². The number of fused-ring (bicyclic) bond motifs is 6. The third-order valence-corrected chi connectivity index (χ3v) is 10.7. The zero-order valence-corrected chi connectivity index (χ0v) is 26.7. The molecule has 0 aliphatic rings. The second-order valence-corrected chi connectivity index (χ2v) is 13.7. The number of hydrogen-bond acceptors (Lipinski definition) is 1. The van der Waals surface area contributed by atoms with E-state index < -0.39 is 0 Å². The summed E-state index contributed by atoms with van der Waals surface area (Å²) in [5.41, 5.74) is 8.78. The van der Waals surface area contributed by atoms with Crippen LogP contribution in [0.2, 0.25) is 0 Å². The maximum Gasteiger partial charge on any atom is 0.0623 e. The number of benzene rings is 8. The Morgan fingerprint density at radius 1 is 0.435 bits per heavy atom. The molecule has 0 spiro atoms. The minimum absolute atomic E-state index is 0.516. The molecule has 0 amide bonds.